The van der Waals surface area contributed by atoms with E-state index >= 15 is 0 Å². The third-order valence-electron chi connectivity index (χ3n) is 2.26. The van der Waals surface area contributed by atoms with Gasteiger partial charge in [0.2, 0.25) is 0 Å². The van der Waals surface area contributed by atoms with Gasteiger partial charge in [0, 0.05) is 30.9 Å². The number of ether oxygens (including phenoxy) is 2. The average molecular weight is 238 g/mol. The second-order valence-electron chi connectivity index (χ2n) is 3.64. The molecule has 0 bridgehead atoms. The summed E-state index contributed by atoms with van der Waals surface area (Å²) in [7, 11) is 3.01. The number of nitrogens with zero attached hydrogens (tertiary/aromatic N) is 1. The van der Waals surface area contributed by atoms with Gasteiger partial charge in [0.1, 0.15) is 5.75 Å². The zero-order chi connectivity index (χ0) is 12.7. The molecule has 0 aliphatic carbocycles. The van der Waals surface area contributed by atoms with E-state index in [0.29, 0.717) is 19.5 Å². The van der Waals surface area contributed by atoms with Crippen molar-refractivity contribution >= 4 is 5.97 Å². The molecule has 0 aliphatic rings. The zero-order valence-electron chi connectivity index (χ0n) is 10.4. The molecular formula is C12H18N2O3. The Morgan fingerprint density at radius 2 is 2.18 bits per heavy atom. The van der Waals surface area contributed by atoms with Crippen molar-refractivity contribution in [3.63, 3.8) is 0 Å². The minimum Gasteiger partial charge on any atom is -0.497 e. The zero-order valence-corrected chi connectivity index (χ0v) is 10.4. The molecule has 0 saturated heterocycles. The summed E-state index contributed by atoms with van der Waals surface area (Å²) in [5.74, 6) is 0.578. The lowest BCUT2D eigenvalue weighted by molar-refractivity contribution is -0.140. The van der Waals surface area contributed by atoms with Gasteiger partial charge in [-0.3, -0.25) is 9.78 Å². The molecule has 0 radical (unpaired) electrons. The van der Waals surface area contributed by atoms with Crippen molar-refractivity contribution in [1.29, 1.82) is 0 Å². The molecular weight excluding hydrogens is 220 g/mol. The number of rotatable bonds is 6. The van der Waals surface area contributed by atoms with E-state index in [-0.39, 0.29) is 5.97 Å². The molecule has 1 N–H and O–H groups in total. The van der Waals surface area contributed by atoms with Crippen molar-refractivity contribution < 1.29 is 14.3 Å². The van der Waals surface area contributed by atoms with E-state index < -0.39 is 0 Å². The van der Waals surface area contributed by atoms with Gasteiger partial charge < -0.3 is 14.8 Å². The molecule has 94 valence electrons. The fraction of sp³-hybridized carbons (Fsp3) is 0.500. The lowest BCUT2D eigenvalue weighted by atomic mass is 10.3. The highest BCUT2D eigenvalue weighted by atomic mass is 16.5. The van der Waals surface area contributed by atoms with Gasteiger partial charge in [-0.15, -0.1) is 0 Å². The molecule has 0 aliphatic heterocycles. The lowest BCUT2D eigenvalue weighted by Crippen LogP contribution is -2.19. The highest BCUT2D eigenvalue weighted by Gasteiger charge is 2.02. The molecule has 0 spiro atoms. The quantitative estimate of drug-likeness (QED) is 0.593. The molecule has 0 saturated carbocycles. The van der Waals surface area contributed by atoms with E-state index in [1.54, 1.807) is 7.11 Å². The highest BCUT2D eigenvalue weighted by Crippen LogP contribution is 2.12. The standard InChI is InChI=1S/C12H18N2O3/c1-9-6-11(16-2)7-10(14-9)8-13-5-4-12(15)17-3/h6-7,13H,4-5,8H2,1-3H3. The number of pyridine rings is 1. The van der Waals surface area contributed by atoms with Gasteiger partial charge in [0.05, 0.1) is 26.3 Å². The number of carbonyl (C=O) groups is 1. The van der Waals surface area contributed by atoms with Crippen molar-refractivity contribution in [2.45, 2.75) is 19.9 Å². The van der Waals surface area contributed by atoms with Gasteiger partial charge >= 0.3 is 5.97 Å². The Balaban J connectivity index is 2.41. The van der Waals surface area contributed by atoms with E-state index in [1.807, 2.05) is 19.1 Å². The Kier molecular flexibility index (Phi) is 5.42. The average Bonchev–Trinajstić information content (AvgIpc) is 2.33. The first kappa shape index (κ1) is 13.4. The summed E-state index contributed by atoms with van der Waals surface area (Å²) in [5.41, 5.74) is 1.81. The number of hydrogen-bond donors (Lipinski definition) is 1. The first-order valence-corrected chi connectivity index (χ1v) is 5.44. The molecule has 0 aromatic carbocycles. The fourth-order valence-corrected chi connectivity index (χ4v) is 1.42. The topological polar surface area (TPSA) is 60.5 Å². The van der Waals surface area contributed by atoms with Gasteiger partial charge in [-0.05, 0) is 6.92 Å². The van der Waals surface area contributed by atoms with Crippen LogP contribution in [0, 0.1) is 6.92 Å². The van der Waals surface area contributed by atoms with E-state index in [1.165, 1.54) is 7.11 Å². The van der Waals surface area contributed by atoms with Gasteiger partial charge in [-0.25, -0.2) is 0 Å². The molecule has 0 unspecified atom stereocenters. The van der Waals surface area contributed by atoms with Crippen LogP contribution >= 0.6 is 0 Å². The monoisotopic (exact) mass is 238 g/mol. The molecule has 1 rings (SSSR count). The van der Waals surface area contributed by atoms with E-state index in [4.69, 9.17) is 4.74 Å². The Hall–Kier alpha value is -1.62. The normalized spacial score (nSPS) is 10.1. The van der Waals surface area contributed by atoms with Gasteiger partial charge in [0.25, 0.3) is 0 Å². The maximum Gasteiger partial charge on any atom is 0.306 e. The van der Waals surface area contributed by atoms with Crippen molar-refractivity contribution in [3.8, 4) is 5.75 Å². The summed E-state index contributed by atoms with van der Waals surface area (Å²) >= 11 is 0. The number of nitrogens with one attached hydrogen (secondary N) is 1. The molecule has 1 heterocycles. The summed E-state index contributed by atoms with van der Waals surface area (Å²) in [5, 5.41) is 3.13. The summed E-state index contributed by atoms with van der Waals surface area (Å²) in [6, 6.07) is 3.75. The van der Waals surface area contributed by atoms with Crippen LogP contribution in [-0.4, -0.2) is 31.7 Å². The maximum atomic E-state index is 10.9. The predicted octanol–water partition coefficient (Wildman–Crippen LogP) is 1.05. The van der Waals surface area contributed by atoms with Gasteiger partial charge in [0.15, 0.2) is 0 Å². The number of methoxy groups -OCH3 is 2. The van der Waals surface area contributed by atoms with Crippen LogP contribution in [0.3, 0.4) is 0 Å². The fourth-order valence-electron chi connectivity index (χ4n) is 1.42. The summed E-state index contributed by atoms with van der Waals surface area (Å²) in [6.45, 7) is 3.10. The van der Waals surface area contributed by atoms with Crippen LogP contribution in [0.1, 0.15) is 17.8 Å². The summed E-state index contributed by atoms with van der Waals surface area (Å²) in [4.78, 5) is 15.2. The van der Waals surface area contributed by atoms with E-state index in [9.17, 15) is 4.79 Å². The summed E-state index contributed by atoms with van der Waals surface area (Å²) in [6.07, 6.45) is 0.361. The van der Waals surface area contributed by atoms with Crippen LogP contribution in [0.25, 0.3) is 0 Å². The second kappa shape index (κ2) is 6.85. The van der Waals surface area contributed by atoms with Gasteiger partial charge in [-0.2, -0.15) is 0 Å². The maximum absolute atomic E-state index is 10.9. The third kappa shape index (κ3) is 4.82. The van der Waals surface area contributed by atoms with Crippen LogP contribution in [0.15, 0.2) is 12.1 Å². The Bertz CT molecular complexity index is 380. The SMILES string of the molecule is COC(=O)CCNCc1cc(OC)cc(C)n1. The largest absolute Gasteiger partial charge is 0.497 e. The van der Waals surface area contributed by atoms with Crippen LogP contribution in [0.5, 0.6) is 5.75 Å². The lowest BCUT2D eigenvalue weighted by Gasteiger charge is -2.07. The minimum absolute atomic E-state index is 0.215. The smallest absolute Gasteiger partial charge is 0.306 e. The molecule has 5 heteroatoms. The van der Waals surface area contributed by atoms with Crippen molar-refractivity contribution in [2.24, 2.45) is 0 Å². The number of hydrogen-bond acceptors (Lipinski definition) is 5. The molecule has 17 heavy (non-hydrogen) atoms. The van der Waals surface area contributed by atoms with Crippen LogP contribution < -0.4 is 10.1 Å². The minimum atomic E-state index is -0.215. The van der Waals surface area contributed by atoms with E-state index in [2.05, 4.69) is 15.0 Å². The number of carbonyl (C=O) groups excluding carboxylic acids is 1. The number of esters is 1. The molecule has 0 fully saturated rings. The molecule has 0 amide bonds. The van der Waals surface area contributed by atoms with Crippen LogP contribution in [0.2, 0.25) is 0 Å². The van der Waals surface area contributed by atoms with E-state index in [0.717, 1.165) is 17.1 Å². The first-order chi connectivity index (χ1) is 8.15. The molecule has 5 nitrogen and oxygen atoms in total. The van der Waals surface area contributed by atoms with Crippen LogP contribution in [-0.2, 0) is 16.1 Å². The predicted molar refractivity (Wildman–Crippen MR) is 63.9 cm³/mol. The second-order valence-corrected chi connectivity index (χ2v) is 3.64. The van der Waals surface area contributed by atoms with Crippen molar-refractivity contribution in [1.82, 2.24) is 10.3 Å². The Morgan fingerprint density at radius 1 is 1.41 bits per heavy atom. The summed E-state index contributed by atoms with van der Waals surface area (Å²) < 4.78 is 9.70. The number of aromatic nitrogens is 1. The first-order valence-electron chi connectivity index (χ1n) is 5.44. The van der Waals surface area contributed by atoms with Crippen molar-refractivity contribution in [3.05, 3.63) is 23.5 Å². The third-order valence-corrected chi connectivity index (χ3v) is 2.26. The molecule has 0 atom stereocenters. The number of aryl methyl sites for hydroxylation is 1. The van der Waals surface area contributed by atoms with Crippen LogP contribution in [0.4, 0.5) is 0 Å². The van der Waals surface area contributed by atoms with Gasteiger partial charge in [-0.1, -0.05) is 0 Å². The molecule has 1 aromatic heterocycles. The Morgan fingerprint density at radius 3 is 2.82 bits per heavy atom. The van der Waals surface area contributed by atoms with Crippen molar-refractivity contribution in [2.75, 3.05) is 20.8 Å². The Labute approximate surface area is 101 Å². The molecule has 1 aromatic rings. The highest BCUT2D eigenvalue weighted by molar-refractivity contribution is 5.69.